The van der Waals surface area contributed by atoms with Crippen molar-refractivity contribution in [3.63, 3.8) is 0 Å². The van der Waals surface area contributed by atoms with Gasteiger partial charge in [-0.05, 0) is 29.8 Å². The number of methoxy groups -OCH3 is 1. The molecule has 3 aromatic rings. The number of esters is 1. The van der Waals surface area contributed by atoms with Gasteiger partial charge in [0.1, 0.15) is 6.54 Å². The summed E-state index contributed by atoms with van der Waals surface area (Å²) < 4.78 is 6.75. The molecule has 2 aromatic heterocycles. The van der Waals surface area contributed by atoms with Crippen LogP contribution in [-0.2, 0) is 27.3 Å². The highest BCUT2D eigenvalue weighted by Gasteiger charge is 2.27. The Kier molecular flexibility index (Phi) is 3.30. The maximum absolute atomic E-state index is 12.1. The Balaban J connectivity index is 2.07. The van der Waals surface area contributed by atoms with Crippen molar-refractivity contribution in [2.45, 2.75) is 13.0 Å². The zero-order chi connectivity index (χ0) is 16.7. The highest BCUT2D eigenvalue weighted by atomic mass is 16.5. The van der Waals surface area contributed by atoms with Crippen LogP contribution >= 0.6 is 0 Å². The average Bonchev–Trinajstić information content (AvgIpc) is 2.90. The lowest BCUT2D eigenvalue weighted by Crippen LogP contribution is -2.18. The van der Waals surface area contributed by atoms with Crippen LogP contribution in [0.25, 0.3) is 22.2 Å². The number of anilines is 1. The van der Waals surface area contributed by atoms with Crippen LogP contribution in [0.2, 0.25) is 0 Å². The molecule has 0 saturated heterocycles. The summed E-state index contributed by atoms with van der Waals surface area (Å²) in [6.07, 6.45) is 3.71. The zero-order valence-electron chi connectivity index (χ0n) is 13.1. The van der Waals surface area contributed by atoms with E-state index in [-0.39, 0.29) is 24.8 Å². The molecule has 1 aliphatic rings. The fraction of sp³-hybridized carbons (Fsp3) is 0.167. The van der Waals surface area contributed by atoms with E-state index < -0.39 is 0 Å². The van der Waals surface area contributed by atoms with Crippen LogP contribution in [0.5, 0.6) is 0 Å². The number of carbonyl (C=O) groups excluding carboxylic acids is 2. The number of hydrogen-bond acceptors (Lipinski definition) is 4. The number of ether oxygens (including phenoxy) is 1. The fourth-order valence-electron chi connectivity index (χ4n) is 3.31. The van der Waals surface area contributed by atoms with Gasteiger partial charge in [0.2, 0.25) is 5.91 Å². The molecule has 24 heavy (non-hydrogen) atoms. The topological polar surface area (TPSA) is 73.2 Å². The molecule has 0 atom stereocenters. The van der Waals surface area contributed by atoms with Crippen LogP contribution in [0.15, 0.2) is 42.7 Å². The van der Waals surface area contributed by atoms with Gasteiger partial charge in [-0.2, -0.15) is 0 Å². The van der Waals surface area contributed by atoms with E-state index in [2.05, 4.69) is 10.3 Å². The fourth-order valence-corrected chi connectivity index (χ4v) is 3.31. The lowest BCUT2D eigenvalue weighted by molar-refractivity contribution is -0.141. The number of rotatable bonds is 3. The van der Waals surface area contributed by atoms with E-state index in [4.69, 9.17) is 4.74 Å². The van der Waals surface area contributed by atoms with Gasteiger partial charge in [-0.15, -0.1) is 0 Å². The largest absolute Gasteiger partial charge is 0.468 e. The van der Waals surface area contributed by atoms with E-state index in [1.807, 2.05) is 34.9 Å². The first-order valence-electron chi connectivity index (χ1n) is 7.60. The van der Waals surface area contributed by atoms with Crippen LogP contribution in [-0.4, -0.2) is 28.5 Å². The Morgan fingerprint density at radius 2 is 2.21 bits per heavy atom. The predicted octanol–water partition coefficient (Wildman–Crippen LogP) is 2.37. The molecule has 1 amide bonds. The Morgan fingerprint density at radius 3 is 2.96 bits per heavy atom. The van der Waals surface area contributed by atoms with Crippen LogP contribution in [0.4, 0.5) is 5.69 Å². The summed E-state index contributed by atoms with van der Waals surface area (Å²) in [5.41, 5.74) is 4.29. The van der Waals surface area contributed by atoms with Crippen molar-refractivity contribution in [3.05, 3.63) is 48.3 Å². The number of benzene rings is 1. The van der Waals surface area contributed by atoms with Gasteiger partial charge in [0, 0.05) is 23.3 Å². The standard InChI is InChI=1S/C18H15N3O3/c1-24-16(23)10-21-14-6-2-5-13-17(14)12(8-15(22)20-13)18(21)11-4-3-7-19-9-11/h2-7,9H,8,10H2,1H3,(H,20,22). The molecule has 0 bridgehead atoms. The van der Waals surface area contributed by atoms with E-state index >= 15 is 0 Å². The third-order valence-electron chi connectivity index (χ3n) is 4.25. The summed E-state index contributed by atoms with van der Waals surface area (Å²) in [6, 6.07) is 9.46. The van der Waals surface area contributed by atoms with Crippen molar-refractivity contribution >= 4 is 28.5 Å². The minimum atomic E-state index is -0.340. The first kappa shape index (κ1) is 14.4. The molecule has 0 unspecified atom stereocenters. The molecule has 120 valence electrons. The molecule has 0 spiro atoms. The molecule has 0 aliphatic carbocycles. The Labute approximate surface area is 138 Å². The van der Waals surface area contributed by atoms with E-state index in [9.17, 15) is 9.59 Å². The zero-order valence-corrected chi connectivity index (χ0v) is 13.1. The normalized spacial score (nSPS) is 13.0. The SMILES string of the molecule is COC(=O)Cn1c(-c2cccnc2)c2c3c(cccc31)NC(=O)C2. The smallest absolute Gasteiger partial charge is 0.325 e. The minimum absolute atomic E-state index is 0.0593. The maximum atomic E-state index is 12.1. The number of aromatic nitrogens is 2. The summed E-state index contributed by atoms with van der Waals surface area (Å²) in [5.74, 6) is -0.400. The highest BCUT2D eigenvalue weighted by Crippen LogP contribution is 2.40. The Morgan fingerprint density at radius 1 is 1.33 bits per heavy atom. The molecule has 6 nitrogen and oxygen atoms in total. The van der Waals surface area contributed by atoms with Crippen LogP contribution < -0.4 is 5.32 Å². The molecular weight excluding hydrogens is 306 g/mol. The quantitative estimate of drug-likeness (QED) is 0.752. The molecular formula is C18H15N3O3. The third kappa shape index (κ3) is 2.15. The number of nitrogens with zero attached hydrogens (tertiary/aromatic N) is 2. The second kappa shape index (κ2) is 5.49. The van der Waals surface area contributed by atoms with Crippen molar-refractivity contribution in [2.24, 2.45) is 0 Å². The second-order valence-electron chi connectivity index (χ2n) is 5.66. The summed E-state index contributed by atoms with van der Waals surface area (Å²) in [6.45, 7) is 0.0782. The predicted molar refractivity (Wildman–Crippen MR) is 89.5 cm³/mol. The highest BCUT2D eigenvalue weighted by molar-refractivity contribution is 6.12. The van der Waals surface area contributed by atoms with E-state index in [1.165, 1.54) is 7.11 Å². The summed E-state index contributed by atoms with van der Waals surface area (Å²) >= 11 is 0. The number of amides is 1. The monoisotopic (exact) mass is 321 g/mol. The van der Waals surface area contributed by atoms with Crippen LogP contribution in [0.1, 0.15) is 5.56 Å². The van der Waals surface area contributed by atoms with Crippen molar-refractivity contribution in [2.75, 3.05) is 12.4 Å². The molecule has 0 saturated carbocycles. The summed E-state index contributed by atoms with van der Waals surface area (Å²) in [4.78, 5) is 28.2. The van der Waals surface area contributed by atoms with Gasteiger partial charge in [-0.1, -0.05) is 6.07 Å². The third-order valence-corrected chi connectivity index (χ3v) is 4.25. The van der Waals surface area contributed by atoms with Gasteiger partial charge in [0.05, 0.1) is 30.4 Å². The molecule has 4 rings (SSSR count). The summed E-state index contributed by atoms with van der Waals surface area (Å²) in [5, 5.41) is 3.87. The van der Waals surface area contributed by atoms with Gasteiger partial charge in [0.15, 0.2) is 0 Å². The van der Waals surface area contributed by atoms with Crippen LogP contribution in [0.3, 0.4) is 0 Å². The molecule has 0 fully saturated rings. The van der Waals surface area contributed by atoms with Crippen LogP contribution in [0, 0.1) is 0 Å². The molecule has 3 heterocycles. The van der Waals surface area contributed by atoms with Gasteiger partial charge in [0.25, 0.3) is 0 Å². The molecule has 1 aromatic carbocycles. The first-order valence-corrected chi connectivity index (χ1v) is 7.60. The van der Waals surface area contributed by atoms with Gasteiger partial charge < -0.3 is 14.6 Å². The Hall–Kier alpha value is -3.15. The summed E-state index contributed by atoms with van der Waals surface area (Å²) in [7, 11) is 1.37. The Bertz CT molecular complexity index is 961. The molecule has 0 radical (unpaired) electrons. The number of pyridine rings is 1. The lowest BCUT2D eigenvalue weighted by atomic mass is 9.99. The van der Waals surface area contributed by atoms with Crippen molar-refractivity contribution < 1.29 is 14.3 Å². The van der Waals surface area contributed by atoms with E-state index in [1.54, 1.807) is 12.4 Å². The van der Waals surface area contributed by atoms with Crippen molar-refractivity contribution in [1.82, 2.24) is 9.55 Å². The lowest BCUT2D eigenvalue weighted by Gasteiger charge is -2.14. The maximum Gasteiger partial charge on any atom is 0.325 e. The first-order chi connectivity index (χ1) is 11.7. The van der Waals surface area contributed by atoms with Crippen molar-refractivity contribution in [1.29, 1.82) is 0 Å². The van der Waals surface area contributed by atoms with Crippen molar-refractivity contribution in [3.8, 4) is 11.3 Å². The number of nitrogens with one attached hydrogen (secondary N) is 1. The molecule has 1 N–H and O–H groups in total. The van der Waals surface area contributed by atoms with Gasteiger partial charge in [-0.3, -0.25) is 14.6 Å². The minimum Gasteiger partial charge on any atom is -0.468 e. The second-order valence-corrected chi connectivity index (χ2v) is 5.66. The number of carbonyl (C=O) groups is 2. The van der Waals surface area contributed by atoms with E-state index in [0.29, 0.717) is 0 Å². The molecule has 1 aliphatic heterocycles. The average molecular weight is 321 g/mol. The number of hydrogen-bond donors (Lipinski definition) is 1. The molecule has 6 heteroatoms. The van der Waals surface area contributed by atoms with E-state index in [0.717, 1.165) is 33.4 Å². The van der Waals surface area contributed by atoms with Gasteiger partial charge in [-0.25, -0.2) is 0 Å². The van der Waals surface area contributed by atoms with Gasteiger partial charge >= 0.3 is 5.97 Å².